The van der Waals surface area contributed by atoms with Crippen molar-refractivity contribution in [1.29, 1.82) is 0 Å². The van der Waals surface area contributed by atoms with Crippen LogP contribution in [0.3, 0.4) is 0 Å². The molecule has 1 unspecified atom stereocenters. The van der Waals surface area contributed by atoms with Gasteiger partial charge in [0.15, 0.2) is 11.5 Å². The molecule has 3 aromatic rings. The number of aromatic nitrogens is 3. The molecule has 160 valence electrons. The minimum Gasteiger partial charge on any atom is -0.493 e. The van der Waals surface area contributed by atoms with E-state index in [0.29, 0.717) is 17.1 Å². The van der Waals surface area contributed by atoms with Gasteiger partial charge in [-0.15, -0.1) is 5.10 Å². The Morgan fingerprint density at radius 2 is 1.97 bits per heavy atom. The summed E-state index contributed by atoms with van der Waals surface area (Å²) in [4.78, 5) is 3.90. The maximum absolute atomic E-state index is 14.5. The van der Waals surface area contributed by atoms with Crippen LogP contribution in [0.1, 0.15) is 19.4 Å². The average molecular weight is 456 g/mol. The van der Waals surface area contributed by atoms with Gasteiger partial charge in [-0.2, -0.15) is 13.8 Å². The molecule has 0 radical (unpaired) electrons. The van der Waals surface area contributed by atoms with Gasteiger partial charge in [0.2, 0.25) is 11.9 Å². The number of benzene rings is 2. The van der Waals surface area contributed by atoms with Gasteiger partial charge >= 0.3 is 0 Å². The van der Waals surface area contributed by atoms with E-state index in [1.807, 2.05) is 13.8 Å². The van der Waals surface area contributed by atoms with Crippen molar-refractivity contribution in [3.05, 3.63) is 40.9 Å². The summed E-state index contributed by atoms with van der Waals surface area (Å²) in [6.45, 7) is 3.72. The quantitative estimate of drug-likeness (QED) is 0.425. The highest BCUT2D eigenvalue weighted by Gasteiger charge is 2.31. The molecule has 1 atom stereocenters. The van der Waals surface area contributed by atoms with Crippen LogP contribution in [0.5, 0.6) is 11.5 Å². The first-order valence-electron chi connectivity index (χ1n) is 8.89. The number of nitrogens with two attached hydrogens (primary N) is 1. The highest BCUT2D eigenvalue weighted by atomic mass is 35.5. The molecule has 1 heterocycles. The maximum Gasteiger partial charge on any atom is 0.284 e. The van der Waals surface area contributed by atoms with Crippen molar-refractivity contribution in [2.45, 2.75) is 25.6 Å². The van der Waals surface area contributed by atoms with Crippen LogP contribution in [0.4, 0.5) is 26.4 Å². The topological polar surface area (TPSA) is 98.1 Å². The Balaban J connectivity index is 2.12. The van der Waals surface area contributed by atoms with Gasteiger partial charge in [0, 0.05) is 16.8 Å². The fourth-order valence-corrected chi connectivity index (χ4v) is 3.43. The lowest BCUT2D eigenvalue weighted by molar-refractivity contribution is 0.104. The predicted octanol–water partition coefficient (Wildman–Crippen LogP) is 5.17. The third kappa shape index (κ3) is 4.91. The Labute approximate surface area is 179 Å². The highest BCUT2D eigenvalue weighted by Crippen LogP contribution is 2.47. The van der Waals surface area contributed by atoms with Crippen molar-refractivity contribution < 1.29 is 18.3 Å². The maximum atomic E-state index is 14.5. The van der Waals surface area contributed by atoms with Gasteiger partial charge in [0.1, 0.15) is 0 Å². The standard InChI is InChI=1S/C19H21ClF2N5O2P/c1-9(2)29-15-6-10(4-5-14(15)28-3)16-12(19(21,22)30)7-11(8-13(16)20)24-18-25-17(23)26-27-18/h4-9H,30H2,1-3H3,(H4,23,24,25,26,27). The number of anilines is 3. The summed E-state index contributed by atoms with van der Waals surface area (Å²) in [7, 11) is 3.05. The van der Waals surface area contributed by atoms with Gasteiger partial charge in [-0.25, -0.2) is 5.10 Å². The van der Waals surface area contributed by atoms with E-state index in [9.17, 15) is 8.78 Å². The van der Waals surface area contributed by atoms with E-state index in [-0.39, 0.29) is 39.8 Å². The molecular weight excluding hydrogens is 435 g/mol. The smallest absolute Gasteiger partial charge is 0.284 e. The lowest BCUT2D eigenvalue weighted by Crippen LogP contribution is -2.08. The van der Waals surface area contributed by atoms with Crippen molar-refractivity contribution in [3.63, 3.8) is 0 Å². The van der Waals surface area contributed by atoms with Gasteiger partial charge in [-0.3, -0.25) is 0 Å². The fourth-order valence-electron chi connectivity index (χ4n) is 2.87. The first-order valence-corrected chi connectivity index (χ1v) is 9.84. The van der Waals surface area contributed by atoms with Crippen LogP contribution in [-0.4, -0.2) is 28.4 Å². The summed E-state index contributed by atoms with van der Waals surface area (Å²) in [6, 6.07) is 7.72. The molecule has 0 fully saturated rings. The number of ether oxygens (including phenoxy) is 2. The Hall–Kier alpha value is -2.64. The number of hydrogen-bond donors (Lipinski definition) is 3. The van der Waals surface area contributed by atoms with Gasteiger partial charge in [-0.1, -0.05) is 26.9 Å². The summed E-state index contributed by atoms with van der Waals surface area (Å²) in [5, 5.41) is 9.21. The van der Waals surface area contributed by atoms with Crippen LogP contribution in [0.15, 0.2) is 30.3 Å². The monoisotopic (exact) mass is 455 g/mol. The largest absolute Gasteiger partial charge is 0.493 e. The molecule has 0 bridgehead atoms. The molecule has 0 aliphatic rings. The number of methoxy groups -OCH3 is 1. The molecular formula is C19H21ClF2N5O2P. The summed E-state index contributed by atoms with van der Waals surface area (Å²) >= 11 is 6.45. The number of halogens is 3. The molecule has 0 spiro atoms. The number of alkyl halides is 2. The van der Waals surface area contributed by atoms with E-state index in [4.69, 9.17) is 26.8 Å². The number of nitrogens with one attached hydrogen (secondary N) is 2. The van der Waals surface area contributed by atoms with Crippen LogP contribution in [0, 0.1) is 0 Å². The lowest BCUT2D eigenvalue weighted by atomic mass is 9.98. The van der Waals surface area contributed by atoms with Gasteiger partial charge < -0.3 is 20.5 Å². The van der Waals surface area contributed by atoms with Crippen molar-refractivity contribution in [2.24, 2.45) is 0 Å². The van der Waals surface area contributed by atoms with E-state index < -0.39 is 5.66 Å². The molecule has 0 saturated carbocycles. The second kappa shape index (κ2) is 8.62. The summed E-state index contributed by atoms with van der Waals surface area (Å²) < 4.78 is 40.1. The number of nitrogens with zero attached hydrogens (tertiary/aromatic N) is 2. The first-order chi connectivity index (χ1) is 14.1. The third-order valence-corrected chi connectivity index (χ3v) is 4.63. The first kappa shape index (κ1) is 22.1. The Morgan fingerprint density at radius 3 is 2.53 bits per heavy atom. The van der Waals surface area contributed by atoms with Gasteiger partial charge in [-0.05, 0) is 43.7 Å². The number of hydrogen-bond acceptors (Lipinski definition) is 6. The molecule has 0 saturated heterocycles. The summed E-state index contributed by atoms with van der Waals surface area (Å²) in [5.74, 6) is 1.14. The highest BCUT2D eigenvalue weighted by molar-refractivity contribution is 7.17. The SMILES string of the molecule is COc1ccc(-c2c(Cl)cc(Nc3n[nH]c(N)n3)cc2C(F)(F)P)cc1OC(C)C. The van der Waals surface area contributed by atoms with Crippen molar-refractivity contribution in [3.8, 4) is 22.6 Å². The summed E-state index contributed by atoms with van der Waals surface area (Å²) in [6.07, 6.45) is -0.132. The molecule has 0 aliphatic heterocycles. The molecule has 0 aliphatic carbocycles. The molecule has 1 aromatic heterocycles. The van der Waals surface area contributed by atoms with Gasteiger partial charge in [0.05, 0.1) is 18.2 Å². The molecule has 2 aromatic carbocycles. The van der Waals surface area contributed by atoms with E-state index in [1.165, 1.54) is 28.5 Å². The number of nitrogen functional groups attached to an aromatic ring is 1. The van der Waals surface area contributed by atoms with Gasteiger partial charge in [0.25, 0.3) is 5.66 Å². The van der Waals surface area contributed by atoms with E-state index in [0.717, 1.165) is 0 Å². The Morgan fingerprint density at radius 1 is 1.23 bits per heavy atom. The predicted molar refractivity (Wildman–Crippen MR) is 117 cm³/mol. The van der Waals surface area contributed by atoms with Crippen molar-refractivity contribution in [1.82, 2.24) is 15.2 Å². The van der Waals surface area contributed by atoms with Crippen molar-refractivity contribution >= 4 is 38.4 Å². The van der Waals surface area contributed by atoms with Crippen LogP contribution in [-0.2, 0) is 5.66 Å². The Kier molecular flexibility index (Phi) is 6.33. The van der Waals surface area contributed by atoms with Crippen LogP contribution < -0.4 is 20.5 Å². The molecule has 4 N–H and O–H groups in total. The minimum absolute atomic E-state index is 0.0905. The van der Waals surface area contributed by atoms with Crippen LogP contribution in [0.25, 0.3) is 11.1 Å². The van der Waals surface area contributed by atoms with E-state index >= 15 is 0 Å². The normalized spacial score (nSPS) is 11.6. The average Bonchev–Trinajstić information content (AvgIpc) is 3.04. The van der Waals surface area contributed by atoms with Crippen LogP contribution in [0.2, 0.25) is 5.02 Å². The fraction of sp³-hybridized carbons (Fsp3) is 0.263. The molecule has 3 rings (SSSR count). The molecule has 0 amide bonds. The molecule has 30 heavy (non-hydrogen) atoms. The minimum atomic E-state index is -3.26. The Bertz CT molecular complexity index is 1060. The summed E-state index contributed by atoms with van der Waals surface area (Å²) in [5.41, 5.74) is 2.86. The number of rotatable bonds is 7. The zero-order valence-electron chi connectivity index (χ0n) is 16.5. The van der Waals surface area contributed by atoms with E-state index in [1.54, 1.807) is 18.2 Å². The second-order valence-corrected chi connectivity index (χ2v) is 7.84. The molecule has 11 heteroatoms. The van der Waals surface area contributed by atoms with Crippen molar-refractivity contribution in [2.75, 3.05) is 18.2 Å². The second-order valence-electron chi connectivity index (χ2n) is 6.71. The molecule has 7 nitrogen and oxygen atoms in total. The number of H-pyrrole nitrogens is 1. The zero-order valence-corrected chi connectivity index (χ0v) is 18.4. The van der Waals surface area contributed by atoms with E-state index in [2.05, 4.69) is 20.5 Å². The third-order valence-electron chi connectivity index (χ3n) is 4.02. The lowest BCUT2D eigenvalue weighted by Gasteiger charge is -2.21. The number of aromatic amines is 1. The zero-order chi connectivity index (χ0) is 22.1. The van der Waals surface area contributed by atoms with Crippen LogP contribution >= 0.6 is 20.8 Å².